The van der Waals surface area contributed by atoms with E-state index < -0.39 is 5.91 Å². The van der Waals surface area contributed by atoms with Crippen LogP contribution in [0.5, 0.6) is 0 Å². The zero-order valence-electron chi connectivity index (χ0n) is 14.1. The molecule has 0 fully saturated rings. The monoisotopic (exact) mass is 370 g/mol. The highest BCUT2D eigenvalue weighted by atomic mass is 32.2. The van der Waals surface area contributed by atoms with E-state index in [0.717, 1.165) is 5.16 Å². The summed E-state index contributed by atoms with van der Waals surface area (Å²) in [6, 6.07) is 10.4. The predicted molar refractivity (Wildman–Crippen MR) is 98.8 cm³/mol. The fraction of sp³-hybridized carbons (Fsp3) is 0.167. The highest BCUT2D eigenvalue weighted by Crippen LogP contribution is 2.23. The first kappa shape index (κ1) is 17.8. The molecule has 0 aliphatic carbocycles. The molecule has 0 aliphatic rings. The molecule has 1 aromatic carbocycles. The van der Waals surface area contributed by atoms with Crippen molar-refractivity contribution in [2.45, 2.75) is 17.3 Å². The number of anilines is 1. The highest BCUT2D eigenvalue weighted by molar-refractivity contribution is 7.98. The minimum atomic E-state index is -0.460. The lowest BCUT2D eigenvalue weighted by Crippen LogP contribution is -2.17. The van der Waals surface area contributed by atoms with Crippen molar-refractivity contribution in [1.82, 2.24) is 9.55 Å². The number of carbonyl (C=O) groups excluding carboxylic acids is 2. The van der Waals surface area contributed by atoms with E-state index in [1.54, 1.807) is 42.6 Å². The summed E-state index contributed by atoms with van der Waals surface area (Å²) >= 11 is 1.52. The number of aryl methyl sites for hydroxylation is 1. The number of furan rings is 1. The first-order valence-corrected chi connectivity index (χ1v) is 8.88. The van der Waals surface area contributed by atoms with Crippen molar-refractivity contribution in [2.24, 2.45) is 12.8 Å². The van der Waals surface area contributed by atoms with Crippen molar-refractivity contribution in [1.29, 1.82) is 0 Å². The van der Waals surface area contributed by atoms with Gasteiger partial charge in [-0.2, -0.15) is 0 Å². The van der Waals surface area contributed by atoms with Gasteiger partial charge in [0.05, 0.1) is 12.2 Å². The lowest BCUT2D eigenvalue weighted by Gasteiger charge is -2.08. The number of amides is 2. The third-order valence-corrected chi connectivity index (χ3v) is 4.72. The second kappa shape index (κ2) is 7.92. The molecular formula is C18H18N4O3S. The van der Waals surface area contributed by atoms with Gasteiger partial charge in [-0.25, -0.2) is 4.98 Å². The molecule has 2 heterocycles. The highest BCUT2D eigenvalue weighted by Gasteiger charge is 2.14. The van der Waals surface area contributed by atoms with Crippen molar-refractivity contribution in [3.63, 3.8) is 0 Å². The van der Waals surface area contributed by atoms with Gasteiger partial charge in [-0.3, -0.25) is 9.59 Å². The molecule has 3 aromatic rings. The fourth-order valence-electron chi connectivity index (χ4n) is 2.37. The van der Waals surface area contributed by atoms with E-state index in [0.29, 0.717) is 22.8 Å². The molecule has 3 rings (SSSR count). The van der Waals surface area contributed by atoms with Crippen LogP contribution in [0, 0.1) is 0 Å². The van der Waals surface area contributed by atoms with Crippen LogP contribution in [0.1, 0.15) is 21.9 Å². The van der Waals surface area contributed by atoms with E-state index >= 15 is 0 Å². The van der Waals surface area contributed by atoms with Gasteiger partial charge in [-0.05, 0) is 23.8 Å². The Balaban J connectivity index is 1.65. The summed E-state index contributed by atoms with van der Waals surface area (Å²) in [6.07, 6.45) is 3.65. The van der Waals surface area contributed by atoms with E-state index in [9.17, 15) is 9.59 Å². The normalized spacial score (nSPS) is 10.7. The van der Waals surface area contributed by atoms with Crippen LogP contribution in [-0.2, 0) is 24.0 Å². The topological polar surface area (TPSA) is 103 Å². The van der Waals surface area contributed by atoms with E-state index in [1.807, 2.05) is 17.8 Å². The number of nitrogens with one attached hydrogen (secondary N) is 1. The average molecular weight is 370 g/mol. The maximum Gasteiger partial charge on any atom is 0.291 e. The Hall–Kier alpha value is -3.00. The van der Waals surface area contributed by atoms with Gasteiger partial charge in [-0.1, -0.05) is 30.0 Å². The molecule has 0 atom stereocenters. The molecule has 0 saturated heterocycles. The maximum absolute atomic E-state index is 12.4. The summed E-state index contributed by atoms with van der Waals surface area (Å²) in [5.41, 5.74) is 6.44. The van der Waals surface area contributed by atoms with Crippen LogP contribution in [0.2, 0.25) is 0 Å². The Morgan fingerprint density at radius 2 is 2.08 bits per heavy atom. The van der Waals surface area contributed by atoms with Crippen LogP contribution in [0.15, 0.2) is 58.4 Å². The molecule has 134 valence electrons. The molecule has 2 aromatic heterocycles. The van der Waals surface area contributed by atoms with Gasteiger partial charge in [0.25, 0.3) is 5.91 Å². The van der Waals surface area contributed by atoms with Crippen molar-refractivity contribution in [2.75, 3.05) is 5.32 Å². The van der Waals surface area contributed by atoms with Crippen LogP contribution in [-0.4, -0.2) is 21.4 Å². The van der Waals surface area contributed by atoms with Gasteiger partial charge in [0.2, 0.25) is 5.91 Å². The number of benzene rings is 1. The minimum Gasteiger partial charge on any atom is -0.455 e. The van der Waals surface area contributed by atoms with Gasteiger partial charge in [-0.15, -0.1) is 0 Å². The third kappa shape index (κ3) is 4.34. The summed E-state index contributed by atoms with van der Waals surface area (Å²) in [7, 11) is 1.92. The van der Waals surface area contributed by atoms with Gasteiger partial charge in [0.15, 0.2) is 10.9 Å². The molecule has 3 N–H and O–H groups in total. The minimum absolute atomic E-state index is 0.0557. The molecule has 8 heteroatoms. The van der Waals surface area contributed by atoms with Crippen molar-refractivity contribution in [3.05, 3.63) is 65.9 Å². The summed E-state index contributed by atoms with van der Waals surface area (Å²) < 4.78 is 7.53. The third-order valence-electron chi connectivity index (χ3n) is 3.64. The van der Waals surface area contributed by atoms with Gasteiger partial charge >= 0.3 is 0 Å². The molecule has 0 radical (unpaired) electrons. The molecule has 7 nitrogen and oxygen atoms in total. The first-order chi connectivity index (χ1) is 12.5. The first-order valence-electron chi connectivity index (χ1n) is 7.89. The standard InChI is InChI=1S/C18H18N4O3S/c1-22-9-8-20-18(22)26-11-13-6-7-15(25-13)17(24)21-14-5-3-2-4-12(14)10-16(19)23/h2-9H,10-11H2,1H3,(H2,19,23)(H,21,24). The number of carbonyl (C=O) groups is 2. The molecule has 0 aliphatic heterocycles. The van der Waals surface area contributed by atoms with Gasteiger partial charge < -0.3 is 20.0 Å². The zero-order valence-corrected chi connectivity index (χ0v) is 15.0. The lowest BCUT2D eigenvalue weighted by atomic mass is 10.1. The number of hydrogen-bond donors (Lipinski definition) is 2. The zero-order chi connectivity index (χ0) is 18.5. The van der Waals surface area contributed by atoms with Crippen molar-refractivity contribution < 1.29 is 14.0 Å². The quantitative estimate of drug-likeness (QED) is 0.622. The molecule has 2 amide bonds. The molecule has 0 saturated carbocycles. The number of primary amides is 1. The van der Waals surface area contributed by atoms with Gasteiger partial charge in [0.1, 0.15) is 5.76 Å². The van der Waals surface area contributed by atoms with E-state index in [4.69, 9.17) is 10.2 Å². The number of thioether (sulfide) groups is 1. The smallest absolute Gasteiger partial charge is 0.291 e. The number of hydrogen-bond acceptors (Lipinski definition) is 5. The maximum atomic E-state index is 12.4. The van der Waals surface area contributed by atoms with Crippen LogP contribution >= 0.6 is 11.8 Å². The number of rotatable bonds is 7. The summed E-state index contributed by atoms with van der Waals surface area (Å²) in [5.74, 6) is 0.604. The van der Waals surface area contributed by atoms with E-state index in [-0.39, 0.29) is 18.1 Å². The van der Waals surface area contributed by atoms with E-state index in [2.05, 4.69) is 10.3 Å². The second-order valence-electron chi connectivity index (χ2n) is 5.63. The molecular weight excluding hydrogens is 352 g/mol. The largest absolute Gasteiger partial charge is 0.455 e. The summed E-state index contributed by atoms with van der Waals surface area (Å²) in [6.45, 7) is 0. The van der Waals surface area contributed by atoms with Crippen LogP contribution in [0.4, 0.5) is 5.69 Å². The number of aromatic nitrogens is 2. The Kier molecular flexibility index (Phi) is 5.43. The van der Waals surface area contributed by atoms with Crippen molar-refractivity contribution in [3.8, 4) is 0 Å². The van der Waals surface area contributed by atoms with Gasteiger partial charge in [0, 0.05) is 25.1 Å². The molecule has 26 heavy (non-hydrogen) atoms. The Morgan fingerprint density at radius 1 is 1.27 bits per heavy atom. The Labute approximate surface area is 154 Å². The summed E-state index contributed by atoms with van der Waals surface area (Å²) in [5, 5.41) is 3.63. The fourth-order valence-corrected chi connectivity index (χ4v) is 3.20. The molecule has 0 bridgehead atoms. The van der Waals surface area contributed by atoms with Crippen molar-refractivity contribution >= 4 is 29.3 Å². The Morgan fingerprint density at radius 3 is 2.81 bits per heavy atom. The van der Waals surface area contributed by atoms with Crippen LogP contribution in [0.3, 0.4) is 0 Å². The predicted octanol–water partition coefficient (Wildman–Crippen LogP) is 2.59. The molecule has 0 spiro atoms. The number of imidazole rings is 1. The van der Waals surface area contributed by atoms with Crippen LogP contribution < -0.4 is 11.1 Å². The van der Waals surface area contributed by atoms with E-state index in [1.165, 1.54) is 11.8 Å². The number of nitrogens with two attached hydrogens (primary N) is 1. The SMILES string of the molecule is Cn1ccnc1SCc1ccc(C(=O)Nc2ccccc2CC(N)=O)o1. The lowest BCUT2D eigenvalue weighted by molar-refractivity contribution is -0.117. The Bertz CT molecular complexity index is 932. The average Bonchev–Trinajstić information content (AvgIpc) is 3.23. The van der Waals surface area contributed by atoms with Crippen LogP contribution in [0.25, 0.3) is 0 Å². The number of para-hydroxylation sites is 1. The number of nitrogens with zero attached hydrogens (tertiary/aromatic N) is 2. The molecule has 0 unspecified atom stereocenters. The summed E-state index contributed by atoms with van der Waals surface area (Å²) in [4.78, 5) is 27.8. The second-order valence-corrected chi connectivity index (χ2v) is 6.57.